The molecule has 0 spiro atoms. The highest BCUT2D eigenvalue weighted by Gasteiger charge is 2.20. The second-order valence-corrected chi connectivity index (χ2v) is 14.6. The van der Waals surface area contributed by atoms with Crippen LogP contribution in [0.25, 0.3) is 110 Å². The second-order valence-electron chi connectivity index (χ2n) is 14.6. The Morgan fingerprint density at radius 3 is 1.61 bits per heavy atom. The van der Waals surface area contributed by atoms with Crippen LogP contribution in [0.3, 0.4) is 0 Å². The van der Waals surface area contributed by atoms with E-state index in [1.165, 1.54) is 54.4 Å². The van der Waals surface area contributed by atoms with E-state index in [4.69, 9.17) is 9.97 Å². The topological polar surface area (TPSA) is 35.6 Å². The summed E-state index contributed by atoms with van der Waals surface area (Å²) in [5.74, 6) is 0. The summed E-state index contributed by atoms with van der Waals surface area (Å²) in [5.41, 5.74) is 12.7. The number of benzene rings is 9. The van der Waals surface area contributed by atoms with Crippen LogP contribution in [0.1, 0.15) is 0 Å². The Kier molecular flexibility index (Phi) is 6.60. The maximum atomic E-state index is 5.18. The molecule has 12 rings (SSSR count). The minimum Gasteiger partial charge on any atom is -0.309 e. The lowest BCUT2D eigenvalue weighted by molar-refractivity contribution is 1.17. The zero-order valence-electron chi connectivity index (χ0n) is 30.3. The molecule has 0 radical (unpaired) electrons. The fourth-order valence-corrected chi connectivity index (χ4v) is 8.82. The molecule has 0 amide bonds. The van der Waals surface area contributed by atoms with Crippen molar-refractivity contribution in [3.05, 3.63) is 194 Å². The fraction of sp³-hybridized carbons (Fsp3) is 0. The van der Waals surface area contributed by atoms with Crippen molar-refractivity contribution in [2.24, 2.45) is 0 Å². The molecule has 9 aromatic carbocycles. The van der Waals surface area contributed by atoms with Crippen LogP contribution in [-0.4, -0.2) is 19.1 Å². The summed E-state index contributed by atoms with van der Waals surface area (Å²) in [5, 5.41) is 9.77. The van der Waals surface area contributed by atoms with Crippen molar-refractivity contribution in [1.82, 2.24) is 19.1 Å². The molecule has 3 heterocycles. The molecule has 3 aromatic heterocycles. The third-order valence-electron chi connectivity index (χ3n) is 11.4. The van der Waals surface area contributed by atoms with E-state index >= 15 is 0 Å². The van der Waals surface area contributed by atoms with E-state index in [-0.39, 0.29) is 0 Å². The number of aromatic nitrogens is 4. The van der Waals surface area contributed by atoms with Crippen molar-refractivity contribution in [2.75, 3.05) is 0 Å². The Hall–Kier alpha value is -7.56. The highest BCUT2D eigenvalue weighted by molar-refractivity contribution is 6.21. The van der Waals surface area contributed by atoms with Crippen LogP contribution in [0.15, 0.2) is 194 Å². The van der Waals surface area contributed by atoms with Crippen LogP contribution in [0.5, 0.6) is 0 Å². The smallest absolute Gasteiger partial charge is 0.0973 e. The van der Waals surface area contributed by atoms with Crippen molar-refractivity contribution < 1.29 is 0 Å². The molecular weight excluding hydrogens is 681 g/mol. The largest absolute Gasteiger partial charge is 0.309 e. The highest BCUT2D eigenvalue weighted by Crippen LogP contribution is 2.41. The van der Waals surface area contributed by atoms with Crippen molar-refractivity contribution in [2.45, 2.75) is 0 Å². The number of nitrogens with zero attached hydrogens (tertiary/aromatic N) is 4. The molecule has 56 heavy (non-hydrogen) atoms. The summed E-state index contributed by atoms with van der Waals surface area (Å²) in [4.78, 5) is 10.3. The van der Waals surface area contributed by atoms with Crippen molar-refractivity contribution in [3.63, 3.8) is 0 Å². The number of para-hydroxylation sites is 4. The molecule has 0 fully saturated rings. The Morgan fingerprint density at radius 1 is 0.286 bits per heavy atom. The van der Waals surface area contributed by atoms with Crippen LogP contribution in [0.4, 0.5) is 0 Å². The fourth-order valence-electron chi connectivity index (χ4n) is 8.82. The van der Waals surface area contributed by atoms with Crippen LogP contribution in [0.2, 0.25) is 0 Å². The van der Waals surface area contributed by atoms with Crippen LogP contribution < -0.4 is 0 Å². The first kappa shape index (κ1) is 30.9. The molecule has 260 valence electrons. The Balaban J connectivity index is 1.10. The molecule has 4 heteroatoms. The van der Waals surface area contributed by atoms with Gasteiger partial charge in [0.1, 0.15) is 0 Å². The number of fused-ring (bicyclic) bond motifs is 9. The maximum absolute atomic E-state index is 5.18. The first-order valence-electron chi connectivity index (χ1n) is 19.1. The quantitative estimate of drug-likeness (QED) is 0.182. The molecule has 0 N–H and O–H groups in total. The Bertz CT molecular complexity index is 3520. The molecule has 12 aromatic rings. The van der Waals surface area contributed by atoms with Crippen LogP contribution in [0, 0.1) is 0 Å². The molecule has 4 nitrogen and oxygen atoms in total. The summed E-state index contributed by atoms with van der Waals surface area (Å²) in [7, 11) is 0. The lowest BCUT2D eigenvalue weighted by Crippen LogP contribution is -1.97. The van der Waals surface area contributed by atoms with Crippen molar-refractivity contribution >= 4 is 76.2 Å². The van der Waals surface area contributed by atoms with Gasteiger partial charge in [0, 0.05) is 44.0 Å². The zero-order chi connectivity index (χ0) is 36.7. The van der Waals surface area contributed by atoms with Crippen molar-refractivity contribution in [1.29, 1.82) is 0 Å². The van der Waals surface area contributed by atoms with E-state index in [2.05, 4.69) is 173 Å². The molecule has 0 atom stereocenters. The monoisotopic (exact) mass is 712 g/mol. The van der Waals surface area contributed by atoms with Gasteiger partial charge in [-0.3, -0.25) is 0 Å². The van der Waals surface area contributed by atoms with Gasteiger partial charge in [0.15, 0.2) is 0 Å². The van der Waals surface area contributed by atoms with E-state index in [9.17, 15) is 0 Å². The lowest BCUT2D eigenvalue weighted by Gasteiger charge is -2.13. The number of hydrogen-bond donors (Lipinski definition) is 0. The van der Waals surface area contributed by atoms with Gasteiger partial charge in [-0.2, -0.15) is 0 Å². The Labute approximate surface area is 322 Å². The predicted molar refractivity (Wildman–Crippen MR) is 234 cm³/mol. The molecule has 0 saturated carbocycles. The summed E-state index contributed by atoms with van der Waals surface area (Å²) in [6, 6.07) is 69.7. The minimum absolute atomic E-state index is 0.882. The summed E-state index contributed by atoms with van der Waals surface area (Å²) in [6.45, 7) is 0. The van der Waals surface area contributed by atoms with E-state index < -0.39 is 0 Å². The van der Waals surface area contributed by atoms with E-state index in [1.54, 1.807) is 0 Å². The van der Waals surface area contributed by atoms with Gasteiger partial charge in [0.2, 0.25) is 0 Å². The van der Waals surface area contributed by atoms with Crippen LogP contribution in [-0.2, 0) is 0 Å². The summed E-state index contributed by atoms with van der Waals surface area (Å²) >= 11 is 0. The minimum atomic E-state index is 0.882. The normalized spacial score (nSPS) is 11.9. The van der Waals surface area contributed by atoms with Gasteiger partial charge in [0.05, 0.1) is 44.5 Å². The SMILES string of the molecule is c1ccc(-c2nc3ccccc3nc2-c2ccc3cc(-n4c5cc6ccccc6cc5c5cc6c7ccccc7n(-c7ccccc7)c6cc54)ccc3c2)cc1. The average Bonchev–Trinajstić information content (AvgIpc) is 3.75. The maximum Gasteiger partial charge on any atom is 0.0973 e. The number of hydrogen-bond acceptors (Lipinski definition) is 2. The molecule has 0 unspecified atom stereocenters. The van der Waals surface area contributed by atoms with Crippen LogP contribution >= 0.6 is 0 Å². The van der Waals surface area contributed by atoms with Gasteiger partial charge in [-0.1, -0.05) is 121 Å². The van der Waals surface area contributed by atoms with Crippen molar-refractivity contribution in [3.8, 4) is 33.9 Å². The first-order valence-corrected chi connectivity index (χ1v) is 19.1. The standard InChI is InChI=1S/C52H32N4/c1-3-13-33(14-4-1)51-52(54-46-21-11-10-20-45(46)53-51)38-24-23-37-28-40(26-25-36(37)27-38)56-48-30-35-16-8-7-15-34(35)29-42(48)44-31-43-41-19-9-12-22-47(41)55(49(43)32-50(44)56)39-17-5-2-6-18-39/h1-32H. The average molecular weight is 713 g/mol. The molecule has 0 aliphatic rings. The lowest BCUT2D eigenvalue weighted by atomic mass is 10.00. The van der Waals surface area contributed by atoms with Gasteiger partial charge in [0.25, 0.3) is 0 Å². The summed E-state index contributed by atoms with van der Waals surface area (Å²) < 4.78 is 4.86. The van der Waals surface area contributed by atoms with Gasteiger partial charge in [-0.25, -0.2) is 9.97 Å². The molecule has 0 saturated heterocycles. The van der Waals surface area contributed by atoms with Gasteiger partial charge >= 0.3 is 0 Å². The van der Waals surface area contributed by atoms with Gasteiger partial charge in [-0.15, -0.1) is 0 Å². The molecule has 0 bridgehead atoms. The Morgan fingerprint density at radius 2 is 0.821 bits per heavy atom. The van der Waals surface area contributed by atoms with E-state index in [0.717, 1.165) is 55.7 Å². The van der Waals surface area contributed by atoms with E-state index in [1.807, 2.05) is 30.3 Å². The zero-order valence-corrected chi connectivity index (χ0v) is 30.3. The van der Waals surface area contributed by atoms with Gasteiger partial charge in [-0.05, 0) is 94.3 Å². The highest BCUT2D eigenvalue weighted by atomic mass is 15.0. The third kappa shape index (κ3) is 4.66. The molecular formula is C52H32N4. The first-order chi connectivity index (χ1) is 27.7. The third-order valence-corrected chi connectivity index (χ3v) is 11.4. The predicted octanol–water partition coefficient (Wildman–Crippen LogP) is 13.5. The van der Waals surface area contributed by atoms with E-state index in [0.29, 0.717) is 0 Å². The second kappa shape index (κ2) is 12.0. The number of rotatable bonds is 4. The molecule has 0 aliphatic heterocycles. The van der Waals surface area contributed by atoms with Gasteiger partial charge < -0.3 is 9.13 Å². The molecule has 0 aliphatic carbocycles. The summed E-state index contributed by atoms with van der Waals surface area (Å²) in [6.07, 6.45) is 0.